The van der Waals surface area contributed by atoms with Crippen LogP contribution < -0.4 is 0 Å². The number of methoxy groups -OCH3 is 2. The summed E-state index contributed by atoms with van der Waals surface area (Å²) < 4.78 is 23.6. The van der Waals surface area contributed by atoms with Gasteiger partial charge in [-0.05, 0) is 0 Å². The van der Waals surface area contributed by atoms with E-state index in [-0.39, 0.29) is 0 Å². The van der Waals surface area contributed by atoms with E-state index in [4.69, 9.17) is 18.9 Å². The summed E-state index contributed by atoms with van der Waals surface area (Å²) in [4.78, 5) is 0. The Bertz CT molecular complexity index is 134. The fraction of sp³-hybridized carbons (Fsp3) is 1.00. The Balaban J connectivity index is 2.86. The van der Waals surface area contributed by atoms with Gasteiger partial charge in [0.15, 0.2) is 0 Å². The SMILES string of the molecule is COCCOCCC[Te][Te]CCCOCCOC. The first-order chi connectivity index (χ1) is 8.91. The molecule has 0 saturated carbocycles. The van der Waals surface area contributed by atoms with Gasteiger partial charge in [-0.1, -0.05) is 0 Å². The fourth-order valence-corrected chi connectivity index (χ4v) is 12.1. The zero-order valence-corrected chi connectivity index (χ0v) is 16.2. The van der Waals surface area contributed by atoms with E-state index in [1.807, 2.05) is 0 Å². The summed E-state index contributed by atoms with van der Waals surface area (Å²) in [6.45, 7) is 4.75. The van der Waals surface area contributed by atoms with Crippen molar-refractivity contribution in [1.29, 1.82) is 0 Å². The molecule has 0 fully saturated rings. The summed E-state index contributed by atoms with van der Waals surface area (Å²) in [5.74, 6) is 0. The zero-order valence-electron chi connectivity index (χ0n) is 11.5. The first-order valence-electron chi connectivity index (χ1n) is 6.29. The average molecular weight is 490 g/mol. The Labute approximate surface area is 128 Å². The van der Waals surface area contributed by atoms with E-state index in [1.54, 1.807) is 14.2 Å². The van der Waals surface area contributed by atoms with Gasteiger partial charge >= 0.3 is 129 Å². The Morgan fingerprint density at radius 1 is 0.611 bits per heavy atom. The van der Waals surface area contributed by atoms with Gasteiger partial charge in [0, 0.05) is 0 Å². The molecule has 0 heterocycles. The van der Waals surface area contributed by atoms with E-state index >= 15 is 0 Å². The second-order valence-electron chi connectivity index (χ2n) is 3.56. The Morgan fingerprint density at radius 3 is 1.44 bits per heavy atom. The van der Waals surface area contributed by atoms with E-state index in [9.17, 15) is 0 Å². The van der Waals surface area contributed by atoms with Crippen molar-refractivity contribution in [3.8, 4) is 0 Å². The molecule has 110 valence electrons. The Kier molecular flexibility index (Phi) is 19.9. The predicted octanol–water partition coefficient (Wildman–Crippen LogP) is 1.25. The molecular formula is C12H26O4Te2. The molecule has 0 radical (unpaired) electrons. The molecule has 0 spiro atoms. The third kappa shape index (κ3) is 17.4. The standard InChI is InChI=1S/C12H26O4Te2/c1-13-7-9-15-5-3-11-17-18-12-4-6-16-10-8-14-2/h3-12H2,1-2H3. The topological polar surface area (TPSA) is 36.9 Å². The molecule has 0 aliphatic heterocycles. The molecule has 0 aliphatic rings. The molecule has 4 nitrogen and oxygen atoms in total. The molecule has 0 aromatic carbocycles. The average Bonchev–Trinajstić information content (AvgIpc) is 2.39. The number of rotatable bonds is 15. The van der Waals surface area contributed by atoms with E-state index in [1.165, 1.54) is 21.8 Å². The molecule has 0 N–H and O–H groups in total. The van der Waals surface area contributed by atoms with Crippen molar-refractivity contribution in [1.82, 2.24) is 0 Å². The molecule has 0 aromatic heterocycles. The Hall–Kier alpha value is 1.42. The summed E-state index contributed by atoms with van der Waals surface area (Å²) in [5.41, 5.74) is 0. The van der Waals surface area contributed by atoms with Gasteiger partial charge in [0.2, 0.25) is 0 Å². The summed E-state index contributed by atoms with van der Waals surface area (Å²) in [7, 11) is 3.42. The summed E-state index contributed by atoms with van der Waals surface area (Å²) in [5, 5.41) is 0. The molecule has 18 heavy (non-hydrogen) atoms. The van der Waals surface area contributed by atoms with Gasteiger partial charge in [0.05, 0.1) is 0 Å². The number of ether oxygens (including phenoxy) is 4. The molecule has 6 heteroatoms. The molecule has 0 saturated heterocycles. The van der Waals surface area contributed by atoms with E-state index in [0.29, 0.717) is 47.3 Å². The molecule has 0 unspecified atom stereocenters. The van der Waals surface area contributed by atoms with Gasteiger partial charge in [-0.3, -0.25) is 0 Å². The first kappa shape index (κ1) is 19.4. The van der Waals surface area contributed by atoms with E-state index < -0.39 is 0 Å². The van der Waals surface area contributed by atoms with Gasteiger partial charge in [0.1, 0.15) is 0 Å². The molecule has 0 amide bonds. The normalized spacial score (nSPS) is 11.0. The molecule has 0 bridgehead atoms. The number of hydrogen-bond acceptors (Lipinski definition) is 4. The molecular weight excluding hydrogens is 463 g/mol. The predicted molar refractivity (Wildman–Crippen MR) is 75.7 cm³/mol. The van der Waals surface area contributed by atoms with Crippen LogP contribution in [0, 0.1) is 0 Å². The monoisotopic (exact) mass is 494 g/mol. The van der Waals surface area contributed by atoms with Gasteiger partial charge in [-0.25, -0.2) is 0 Å². The number of hydrogen-bond donors (Lipinski definition) is 0. The molecule has 0 rings (SSSR count). The van der Waals surface area contributed by atoms with Gasteiger partial charge in [0.25, 0.3) is 0 Å². The van der Waals surface area contributed by atoms with Crippen LogP contribution in [0.1, 0.15) is 12.8 Å². The van der Waals surface area contributed by atoms with Crippen LogP contribution >= 0.6 is 0 Å². The second-order valence-corrected chi connectivity index (χ2v) is 16.3. The third-order valence-electron chi connectivity index (χ3n) is 1.98. The maximum absolute atomic E-state index is 5.44. The van der Waals surface area contributed by atoms with Crippen molar-refractivity contribution >= 4 is 34.1 Å². The third-order valence-corrected chi connectivity index (χ3v) is 14.6. The van der Waals surface area contributed by atoms with E-state index in [0.717, 1.165) is 26.4 Å². The molecule has 0 atom stereocenters. The van der Waals surface area contributed by atoms with Gasteiger partial charge < -0.3 is 0 Å². The van der Waals surface area contributed by atoms with Gasteiger partial charge in [-0.2, -0.15) is 0 Å². The van der Waals surface area contributed by atoms with Crippen LogP contribution in [-0.4, -0.2) is 88.0 Å². The van der Waals surface area contributed by atoms with Crippen LogP contribution in [-0.2, 0) is 18.9 Å². The van der Waals surface area contributed by atoms with E-state index in [2.05, 4.69) is 0 Å². The van der Waals surface area contributed by atoms with Crippen LogP contribution in [0.25, 0.3) is 0 Å². The van der Waals surface area contributed by atoms with Gasteiger partial charge in [-0.15, -0.1) is 0 Å². The van der Waals surface area contributed by atoms with Crippen LogP contribution in [0.15, 0.2) is 0 Å². The first-order valence-corrected chi connectivity index (χ1v) is 16.9. The Morgan fingerprint density at radius 2 is 1.06 bits per heavy atom. The maximum atomic E-state index is 5.44. The van der Waals surface area contributed by atoms with Crippen molar-refractivity contribution in [3.05, 3.63) is 0 Å². The molecule has 0 aromatic rings. The summed E-state index contributed by atoms with van der Waals surface area (Å²) in [6.07, 6.45) is 2.50. The summed E-state index contributed by atoms with van der Waals surface area (Å²) in [6, 6.07) is 0. The minimum absolute atomic E-state index is 0.341. The second kappa shape index (κ2) is 18.4. The quantitative estimate of drug-likeness (QED) is 0.256. The van der Waals surface area contributed by atoms with Crippen molar-refractivity contribution in [2.24, 2.45) is 0 Å². The minimum atomic E-state index is 0.341. The zero-order chi connectivity index (χ0) is 13.3. The van der Waals surface area contributed by atoms with Crippen LogP contribution in [0.3, 0.4) is 0 Å². The molecule has 0 aliphatic carbocycles. The summed E-state index contributed by atoms with van der Waals surface area (Å²) >= 11 is 0.682. The van der Waals surface area contributed by atoms with Crippen LogP contribution in [0.5, 0.6) is 0 Å². The van der Waals surface area contributed by atoms with Crippen LogP contribution in [0.2, 0.25) is 8.94 Å². The fourth-order valence-electron chi connectivity index (χ4n) is 1.05. The van der Waals surface area contributed by atoms with Crippen molar-refractivity contribution < 1.29 is 18.9 Å². The van der Waals surface area contributed by atoms with Crippen LogP contribution in [0.4, 0.5) is 0 Å². The van der Waals surface area contributed by atoms with Crippen molar-refractivity contribution in [2.75, 3.05) is 53.9 Å². The van der Waals surface area contributed by atoms with Crippen molar-refractivity contribution in [3.63, 3.8) is 0 Å². The van der Waals surface area contributed by atoms with Crippen molar-refractivity contribution in [2.45, 2.75) is 21.8 Å².